The standard InChI is InChI=1S/C14H15Cl2N3O/c1-19(8-10-5-3-4-6-11(10)15)14-7-12(16)17-13(18-14)9-20-2/h3-7H,8-9H2,1-2H3. The lowest BCUT2D eigenvalue weighted by Gasteiger charge is -2.19. The number of methoxy groups -OCH3 is 1. The molecule has 0 saturated heterocycles. The van der Waals surface area contributed by atoms with E-state index in [1.54, 1.807) is 13.2 Å². The molecule has 0 N–H and O–H groups in total. The Kier molecular flexibility index (Phi) is 5.17. The fourth-order valence-corrected chi connectivity index (χ4v) is 2.19. The Morgan fingerprint density at radius 2 is 1.95 bits per heavy atom. The van der Waals surface area contributed by atoms with Crippen molar-refractivity contribution in [3.8, 4) is 0 Å². The predicted molar refractivity (Wildman–Crippen MR) is 81.3 cm³/mol. The average molecular weight is 312 g/mol. The van der Waals surface area contributed by atoms with Gasteiger partial charge in [0.15, 0.2) is 5.82 Å². The van der Waals surface area contributed by atoms with Crippen LogP contribution in [0.1, 0.15) is 11.4 Å². The van der Waals surface area contributed by atoms with Crippen molar-refractivity contribution >= 4 is 29.0 Å². The lowest BCUT2D eigenvalue weighted by Crippen LogP contribution is -2.19. The van der Waals surface area contributed by atoms with Crippen LogP contribution in [0.25, 0.3) is 0 Å². The van der Waals surface area contributed by atoms with Crippen LogP contribution in [-0.2, 0) is 17.9 Å². The quantitative estimate of drug-likeness (QED) is 0.791. The van der Waals surface area contributed by atoms with E-state index in [2.05, 4.69) is 9.97 Å². The third-order valence-corrected chi connectivity index (χ3v) is 3.32. The summed E-state index contributed by atoms with van der Waals surface area (Å²) in [7, 11) is 3.52. The van der Waals surface area contributed by atoms with Gasteiger partial charge in [0.25, 0.3) is 0 Å². The summed E-state index contributed by atoms with van der Waals surface area (Å²) < 4.78 is 5.03. The minimum Gasteiger partial charge on any atom is -0.377 e. The molecule has 1 heterocycles. The lowest BCUT2D eigenvalue weighted by atomic mass is 10.2. The van der Waals surface area contributed by atoms with Crippen LogP contribution in [-0.4, -0.2) is 24.1 Å². The van der Waals surface area contributed by atoms with Crippen molar-refractivity contribution in [3.05, 3.63) is 51.9 Å². The molecule has 0 unspecified atom stereocenters. The number of hydrogen-bond donors (Lipinski definition) is 0. The van der Waals surface area contributed by atoms with Crippen LogP contribution in [0.2, 0.25) is 10.2 Å². The van der Waals surface area contributed by atoms with Gasteiger partial charge in [-0.1, -0.05) is 41.4 Å². The third-order valence-electron chi connectivity index (χ3n) is 2.76. The number of halogens is 2. The zero-order valence-corrected chi connectivity index (χ0v) is 12.8. The molecule has 0 amide bonds. The van der Waals surface area contributed by atoms with Crippen LogP contribution in [0.15, 0.2) is 30.3 Å². The maximum absolute atomic E-state index is 6.16. The van der Waals surface area contributed by atoms with Gasteiger partial charge in [0.05, 0.1) is 0 Å². The van der Waals surface area contributed by atoms with Gasteiger partial charge in [-0.05, 0) is 11.6 Å². The normalized spacial score (nSPS) is 10.6. The maximum atomic E-state index is 6.16. The van der Waals surface area contributed by atoms with E-state index in [1.165, 1.54) is 0 Å². The van der Waals surface area contributed by atoms with Gasteiger partial charge in [-0.15, -0.1) is 0 Å². The molecule has 4 nitrogen and oxygen atoms in total. The molecule has 6 heteroatoms. The fourth-order valence-electron chi connectivity index (χ4n) is 1.80. The zero-order chi connectivity index (χ0) is 14.5. The van der Waals surface area contributed by atoms with Gasteiger partial charge in [-0.25, -0.2) is 9.97 Å². The first-order chi connectivity index (χ1) is 9.60. The van der Waals surface area contributed by atoms with Gasteiger partial charge >= 0.3 is 0 Å². The largest absolute Gasteiger partial charge is 0.377 e. The second-order valence-corrected chi connectivity index (χ2v) is 5.14. The summed E-state index contributed by atoms with van der Waals surface area (Å²) in [6.07, 6.45) is 0. The highest BCUT2D eigenvalue weighted by Gasteiger charge is 2.09. The summed E-state index contributed by atoms with van der Waals surface area (Å²) in [5.74, 6) is 1.29. The molecular weight excluding hydrogens is 297 g/mol. The Morgan fingerprint density at radius 3 is 2.65 bits per heavy atom. The van der Waals surface area contributed by atoms with E-state index in [0.29, 0.717) is 24.1 Å². The summed E-state index contributed by atoms with van der Waals surface area (Å²) in [6, 6.07) is 9.44. The second-order valence-electron chi connectivity index (χ2n) is 4.35. The maximum Gasteiger partial charge on any atom is 0.158 e. The first-order valence-corrected chi connectivity index (χ1v) is 6.82. The highest BCUT2D eigenvalue weighted by molar-refractivity contribution is 6.31. The van der Waals surface area contributed by atoms with Crippen LogP contribution in [0.3, 0.4) is 0 Å². The van der Waals surface area contributed by atoms with Crippen molar-refractivity contribution in [2.24, 2.45) is 0 Å². The molecular formula is C14H15Cl2N3O. The Hall–Kier alpha value is -1.36. The molecule has 0 aliphatic rings. The number of benzene rings is 1. The number of anilines is 1. The second kappa shape index (κ2) is 6.88. The zero-order valence-electron chi connectivity index (χ0n) is 11.3. The topological polar surface area (TPSA) is 38.2 Å². The lowest BCUT2D eigenvalue weighted by molar-refractivity contribution is 0.178. The van der Waals surface area contributed by atoms with Crippen LogP contribution in [0, 0.1) is 0 Å². The van der Waals surface area contributed by atoms with Gasteiger partial charge in [0, 0.05) is 31.8 Å². The minimum atomic E-state index is 0.327. The van der Waals surface area contributed by atoms with Crippen LogP contribution in [0.4, 0.5) is 5.82 Å². The van der Waals surface area contributed by atoms with E-state index in [0.717, 1.165) is 16.4 Å². The number of ether oxygens (including phenoxy) is 1. The molecule has 2 aromatic rings. The Bertz CT molecular complexity index is 592. The van der Waals surface area contributed by atoms with Gasteiger partial charge in [-0.2, -0.15) is 0 Å². The number of rotatable bonds is 5. The SMILES string of the molecule is COCc1nc(Cl)cc(N(C)Cc2ccccc2Cl)n1. The van der Waals surface area contributed by atoms with E-state index in [4.69, 9.17) is 27.9 Å². The highest BCUT2D eigenvalue weighted by Crippen LogP contribution is 2.21. The molecule has 0 spiro atoms. The molecule has 0 aliphatic carbocycles. The van der Waals surface area contributed by atoms with Gasteiger partial charge in [-0.3, -0.25) is 0 Å². The molecule has 20 heavy (non-hydrogen) atoms. The molecule has 106 valence electrons. The highest BCUT2D eigenvalue weighted by atomic mass is 35.5. The van der Waals surface area contributed by atoms with Crippen LogP contribution in [0.5, 0.6) is 0 Å². The summed E-state index contributed by atoms with van der Waals surface area (Å²) in [6.45, 7) is 0.965. The summed E-state index contributed by atoms with van der Waals surface area (Å²) in [4.78, 5) is 10.5. The van der Waals surface area contributed by atoms with E-state index >= 15 is 0 Å². The predicted octanol–water partition coefficient (Wildman–Crippen LogP) is 3.57. The number of aromatic nitrogens is 2. The third kappa shape index (κ3) is 3.82. The van der Waals surface area contributed by atoms with Crippen molar-refractivity contribution in [2.75, 3.05) is 19.1 Å². The molecule has 0 saturated carbocycles. The smallest absolute Gasteiger partial charge is 0.158 e. The van der Waals surface area contributed by atoms with Crippen molar-refractivity contribution in [1.82, 2.24) is 9.97 Å². The van der Waals surface area contributed by atoms with Crippen molar-refractivity contribution in [1.29, 1.82) is 0 Å². The van der Waals surface area contributed by atoms with Gasteiger partial charge in [0.1, 0.15) is 17.6 Å². The van der Waals surface area contributed by atoms with E-state index in [1.807, 2.05) is 36.2 Å². The molecule has 0 bridgehead atoms. The van der Waals surface area contributed by atoms with Crippen molar-refractivity contribution < 1.29 is 4.74 Å². The number of hydrogen-bond acceptors (Lipinski definition) is 4. The first kappa shape index (κ1) is 15.0. The Balaban J connectivity index is 2.20. The first-order valence-electron chi connectivity index (χ1n) is 6.07. The van der Waals surface area contributed by atoms with E-state index < -0.39 is 0 Å². The average Bonchev–Trinajstić information content (AvgIpc) is 2.41. The summed E-state index contributed by atoms with van der Waals surface area (Å²) >= 11 is 12.2. The monoisotopic (exact) mass is 311 g/mol. The van der Waals surface area contributed by atoms with E-state index in [-0.39, 0.29) is 0 Å². The van der Waals surface area contributed by atoms with Gasteiger partial charge < -0.3 is 9.64 Å². The molecule has 2 rings (SSSR count). The van der Waals surface area contributed by atoms with Crippen molar-refractivity contribution in [3.63, 3.8) is 0 Å². The minimum absolute atomic E-state index is 0.327. The summed E-state index contributed by atoms with van der Waals surface area (Å²) in [5.41, 5.74) is 1.03. The Labute approximate surface area is 128 Å². The van der Waals surface area contributed by atoms with Crippen molar-refractivity contribution in [2.45, 2.75) is 13.2 Å². The van der Waals surface area contributed by atoms with E-state index in [9.17, 15) is 0 Å². The molecule has 1 aromatic heterocycles. The molecule has 0 fully saturated rings. The molecule has 1 aromatic carbocycles. The Morgan fingerprint density at radius 1 is 1.20 bits per heavy atom. The summed E-state index contributed by atoms with van der Waals surface area (Å²) in [5, 5.41) is 1.13. The van der Waals surface area contributed by atoms with Crippen LogP contribution < -0.4 is 4.90 Å². The van der Waals surface area contributed by atoms with Gasteiger partial charge in [0.2, 0.25) is 0 Å². The fraction of sp³-hybridized carbons (Fsp3) is 0.286. The molecule has 0 atom stereocenters. The molecule has 0 aliphatic heterocycles. The van der Waals surface area contributed by atoms with Crippen LogP contribution >= 0.6 is 23.2 Å². The number of nitrogens with zero attached hydrogens (tertiary/aromatic N) is 3. The molecule has 0 radical (unpaired) electrons.